The first-order chi connectivity index (χ1) is 10.1. The van der Waals surface area contributed by atoms with Crippen molar-refractivity contribution >= 4 is 17.5 Å². The second-order valence-electron chi connectivity index (χ2n) is 4.33. The van der Waals surface area contributed by atoms with Gasteiger partial charge in [-0.05, 0) is 30.3 Å². The summed E-state index contributed by atoms with van der Waals surface area (Å²) < 4.78 is 13.0. The Balaban J connectivity index is 1.78. The number of rotatable bonds is 5. The zero-order valence-corrected chi connectivity index (χ0v) is 11.2. The molecule has 1 aromatic heterocycles. The third-order valence-corrected chi connectivity index (χ3v) is 2.62. The number of anilines is 1. The molecule has 0 spiro atoms. The summed E-state index contributed by atoms with van der Waals surface area (Å²) in [7, 11) is 0. The highest BCUT2D eigenvalue weighted by Crippen LogP contribution is 2.09. The molecule has 0 aliphatic carbocycles. The SMILES string of the molecule is O=C(CC(=O)Nc1cccc(F)c1)NCc1ccccn1. The second-order valence-corrected chi connectivity index (χ2v) is 4.33. The van der Waals surface area contributed by atoms with E-state index >= 15 is 0 Å². The minimum absolute atomic E-state index is 0.257. The third kappa shape index (κ3) is 5.02. The van der Waals surface area contributed by atoms with Gasteiger partial charge in [0.2, 0.25) is 11.8 Å². The largest absolute Gasteiger partial charge is 0.350 e. The summed E-state index contributed by atoms with van der Waals surface area (Å²) >= 11 is 0. The van der Waals surface area contributed by atoms with Gasteiger partial charge in [0.1, 0.15) is 12.2 Å². The second kappa shape index (κ2) is 7.14. The van der Waals surface area contributed by atoms with Crippen LogP contribution in [0.15, 0.2) is 48.7 Å². The lowest BCUT2D eigenvalue weighted by molar-refractivity contribution is -0.126. The molecule has 0 saturated carbocycles. The molecule has 2 amide bonds. The first-order valence-corrected chi connectivity index (χ1v) is 6.35. The summed E-state index contributed by atoms with van der Waals surface area (Å²) in [6.45, 7) is 0.257. The summed E-state index contributed by atoms with van der Waals surface area (Å²) in [4.78, 5) is 27.3. The van der Waals surface area contributed by atoms with E-state index in [0.29, 0.717) is 11.4 Å². The summed E-state index contributed by atoms with van der Waals surface area (Å²) in [6, 6.07) is 10.8. The first-order valence-electron chi connectivity index (χ1n) is 6.35. The third-order valence-electron chi connectivity index (χ3n) is 2.62. The van der Waals surface area contributed by atoms with Crippen LogP contribution in [0.1, 0.15) is 12.1 Å². The number of nitrogens with one attached hydrogen (secondary N) is 2. The predicted molar refractivity (Wildman–Crippen MR) is 75.7 cm³/mol. The summed E-state index contributed by atoms with van der Waals surface area (Å²) in [5.74, 6) is -1.37. The summed E-state index contributed by atoms with van der Waals surface area (Å²) in [6.07, 6.45) is 1.29. The van der Waals surface area contributed by atoms with E-state index in [0.717, 1.165) is 0 Å². The molecule has 0 atom stereocenters. The van der Waals surface area contributed by atoms with Crippen LogP contribution in [-0.2, 0) is 16.1 Å². The Kier molecular flexibility index (Phi) is 4.98. The van der Waals surface area contributed by atoms with Gasteiger partial charge >= 0.3 is 0 Å². The fraction of sp³-hybridized carbons (Fsp3) is 0.133. The van der Waals surface area contributed by atoms with Crippen LogP contribution in [0.4, 0.5) is 10.1 Å². The number of carbonyl (C=O) groups is 2. The van der Waals surface area contributed by atoms with Crippen LogP contribution >= 0.6 is 0 Å². The molecule has 0 saturated heterocycles. The molecule has 21 heavy (non-hydrogen) atoms. The quantitative estimate of drug-likeness (QED) is 0.825. The number of carbonyl (C=O) groups excluding carboxylic acids is 2. The van der Waals surface area contributed by atoms with Gasteiger partial charge in [-0.15, -0.1) is 0 Å². The van der Waals surface area contributed by atoms with E-state index in [1.807, 2.05) is 6.07 Å². The first kappa shape index (κ1) is 14.6. The minimum Gasteiger partial charge on any atom is -0.350 e. The molecule has 0 bridgehead atoms. The molecule has 2 aromatic rings. The zero-order valence-electron chi connectivity index (χ0n) is 11.2. The Labute approximate surface area is 121 Å². The molecule has 6 heteroatoms. The monoisotopic (exact) mass is 287 g/mol. The maximum atomic E-state index is 13.0. The van der Waals surface area contributed by atoms with E-state index in [1.165, 1.54) is 18.2 Å². The lowest BCUT2D eigenvalue weighted by Crippen LogP contribution is -2.28. The minimum atomic E-state index is -0.501. The van der Waals surface area contributed by atoms with Gasteiger partial charge in [-0.3, -0.25) is 14.6 Å². The van der Waals surface area contributed by atoms with E-state index in [4.69, 9.17) is 0 Å². The summed E-state index contributed by atoms with van der Waals surface area (Å²) in [5, 5.41) is 5.05. The number of benzene rings is 1. The van der Waals surface area contributed by atoms with E-state index < -0.39 is 17.6 Å². The van der Waals surface area contributed by atoms with Crippen LogP contribution in [0.5, 0.6) is 0 Å². The van der Waals surface area contributed by atoms with Crippen molar-refractivity contribution < 1.29 is 14.0 Å². The molecular formula is C15H14FN3O2. The van der Waals surface area contributed by atoms with Crippen LogP contribution in [-0.4, -0.2) is 16.8 Å². The number of aromatic nitrogens is 1. The molecule has 2 N–H and O–H groups in total. The normalized spacial score (nSPS) is 9.95. The van der Waals surface area contributed by atoms with E-state index in [-0.39, 0.29) is 13.0 Å². The van der Waals surface area contributed by atoms with Gasteiger partial charge < -0.3 is 10.6 Å². The molecule has 2 rings (SSSR count). The van der Waals surface area contributed by atoms with Crippen molar-refractivity contribution in [3.05, 3.63) is 60.2 Å². The molecule has 0 aliphatic heterocycles. The number of pyridine rings is 1. The summed E-state index contributed by atoms with van der Waals surface area (Å²) in [5.41, 5.74) is 1.02. The molecule has 0 aliphatic rings. The average Bonchev–Trinajstić information content (AvgIpc) is 2.46. The van der Waals surface area contributed by atoms with Gasteiger partial charge in [0.05, 0.1) is 12.2 Å². The zero-order chi connectivity index (χ0) is 15.1. The van der Waals surface area contributed by atoms with Crippen molar-refractivity contribution in [1.82, 2.24) is 10.3 Å². The number of nitrogens with zero attached hydrogens (tertiary/aromatic N) is 1. The smallest absolute Gasteiger partial charge is 0.233 e. The fourth-order valence-corrected chi connectivity index (χ4v) is 1.67. The van der Waals surface area contributed by atoms with Gasteiger partial charge in [-0.1, -0.05) is 12.1 Å². The van der Waals surface area contributed by atoms with Gasteiger partial charge in [-0.2, -0.15) is 0 Å². The van der Waals surface area contributed by atoms with Crippen LogP contribution in [0, 0.1) is 5.82 Å². The molecule has 0 unspecified atom stereocenters. The van der Waals surface area contributed by atoms with Crippen molar-refractivity contribution in [1.29, 1.82) is 0 Å². The van der Waals surface area contributed by atoms with Crippen LogP contribution in [0.3, 0.4) is 0 Å². The highest BCUT2D eigenvalue weighted by atomic mass is 19.1. The van der Waals surface area contributed by atoms with E-state index in [1.54, 1.807) is 24.4 Å². The lowest BCUT2D eigenvalue weighted by atomic mass is 10.3. The van der Waals surface area contributed by atoms with Crippen molar-refractivity contribution in [3.63, 3.8) is 0 Å². The average molecular weight is 287 g/mol. The molecule has 1 heterocycles. The molecule has 5 nitrogen and oxygen atoms in total. The molecule has 1 aromatic carbocycles. The maximum absolute atomic E-state index is 13.0. The number of halogens is 1. The molecule has 0 fully saturated rings. The maximum Gasteiger partial charge on any atom is 0.233 e. The van der Waals surface area contributed by atoms with Crippen molar-refractivity contribution in [3.8, 4) is 0 Å². The van der Waals surface area contributed by atoms with E-state index in [9.17, 15) is 14.0 Å². The van der Waals surface area contributed by atoms with E-state index in [2.05, 4.69) is 15.6 Å². The Bertz CT molecular complexity index is 632. The van der Waals surface area contributed by atoms with Gasteiger partial charge in [-0.25, -0.2) is 4.39 Å². The predicted octanol–water partition coefficient (Wildman–Crippen LogP) is 1.87. The Morgan fingerprint density at radius 1 is 1.10 bits per heavy atom. The highest BCUT2D eigenvalue weighted by molar-refractivity contribution is 6.03. The Hall–Kier alpha value is -2.76. The standard InChI is InChI=1S/C15H14FN3O2/c16-11-4-3-6-12(8-11)19-15(21)9-14(20)18-10-13-5-1-2-7-17-13/h1-8H,9-10H2,(H,18,20)(H,19,21). The van der Waals surface area contributed by atoms with Crippen LogP contribution in [0.25, 0.3) is 0 Å². The van der Waals surface area contributed by atoms with Crippen LogP contribution < -0.4 is 10.6 Å². The van der Waals surface area contributed by atoms with Gasteiger partial charge in [0.15, 0.2) is 0 Å². The van der Waals surface area contributed by atoms with Crippen LogP contribution in [0.2, 0.25) is 0 Å². The molecule has 108 valence electrons. The van der Waals surface area contributed by atoms with Crippen molar-refractivity contribution in [2.75, 3.05) is 5.32 Å². The Morgan fingerprint density at radius 2 is 1.95 bits per heavy atom. The number of hydrogen-bond donors (Lipinski definition) is 2. The van der Waals surface area contributed by atoms with Gasteiger partial charge in [0.25, 0.3) is 0 Å². The van der Waals surface area contributed by atoms with Crippen molar-refractivity contribution in [2.45, 2.75) is 13.0 Å². The number of amides is 2. The van der Waals surface area contributed by atoms with Gasteiger partial charge in [0, 0.05) is 11.9 Å². The lowest BCUT2D eigenvalue weighted by Gasteiger charge is -2.06. The topological polar surface area (TPSA) is 71.1 Å². The Morgan fingerprint density at radius 3 is 2.67 bits per heavy atom. The molecule has 0 radical (unpaired) electrons. The molecular weight excluding hydrogens is 273 g/mol. The fourth-order valence-electron chi connectivity index (χ4n) is 1.67. The highest BCUT2D eigenvalue weighted by Gasteiger charge is 2.09. The number of hydrogen-bond acceptors (Lipinski definition) is 3. The van der Waals surface area contributed by atoms with Crippen molar-refractivity contribution in [2.24, 2.45) is 0 Å².